The average molecular weight is 245 g/mol. The molecule has 6 heteroatoms. The molecule has 0 amide bonds. The van der Waals surface area contributed by atoms with Crippen LogP contribution in [0.15, 0.2) is 10.3 Å². The summed E-state index contributed by atoms with van der Waals surface area (Å²) in [5.41, 5.74) is 0.0453. The van der Waals surface area contributed by atoms with Crippen LogP contribution in [0.4, 0.5) is 5.69 Å². The molecule has 1 heterocycles. The van der Waals surface area contributed by atoms with Crippen LogP contribution in [0.5, 0.6) is 0 Å². The van der Waals surface area contributed by atoms with Crippen LogP contribution < -0.4 is 0 Å². The van der Waals surface area contributed by atoms with Gasteiger partial charge in [-0.1, -0.05) is 13.8 Å². The molecule has 1 aromatic heterocycles. The second kappa shape index (κ2) is 4.76. The third kappa shape index (κ3) is 3.04. The lowest BCUT2D eigenvalue weighted by Gasteiger charge is -1.99. The van der Waals surface area contributed by atoms with E-state index in [0.717, 1.165) is 0 Å². The average Bonchev–Trinajstić information content (AvgIpc) is 2.46. The maximum Gasteiger partial charge on any atom is 0.294 e. The van der Waals surface area contributed by atoms with E-state index in [1.165, 1.54) is 36.1 Å². The molecule has 0 N–H and O–H groups in total. The number of nitro groups is 1. The van der Waals surface area contributed by atoms with Gasteiger partial charge in [-0.2, -0.15) is 0 Å². The number of Topliss-reactive ketones (excluding diaryl/α,β-unsaturated/α-hetero) is 1. The number of hydrogen-bond acceptors (Lipinski definition) is 5. The Hall–Kier alpha value is -0.880. The summed E-state index contributed by atoms with van der Waals surface area (Å²) in [5.74, 6) is -0.126. The summed E-state index contributed by atoms with van der Waals surface area (Å²) in [5, 5.41) is 11.0. The molecule has 1 rings (SSSR count). The summed E-state index contributed by atoms with van der Waals surface area (Å²) in [6.45, 7) is 5.34. The SMILES string of the molecule is CC(=O)c1cc([N+](=O)[O-])c(SC(C)C)s1. The first-order valence-corrected chi connectivity index (χ1v) is 6.07. The quantitative estimate of drug-likeness (QED) is 0.353. The van der Waals surface area contributed by atoms with Crippen molar-refractivity contribution in [2.45, 2.75) is 30.2 Å². The lowest BCUT2D eigenvalue weighted by Crippen LogP contribution is -1.89. The minimum absolute atomic E-state index is 0.0453. The minimum atomic E-state index is -0.437. The fourth-order valence-electron chi connectivity index (χ4n) is 0.964. The predicted molar refractivity (Wildman–Crippen MR) is 62.0 cm³/mol. The molecule has 0 bridgehead atoms. The van der Waals surface area contributed by atoms with Crippen molar-refractivity contribution in [2.75, 3.05) is 0 Å². The van der Waals surface area contributed by atoms with Gasteiger partial charge in [0.25, 0.3) is 5.69 Å². The molecule has 0 saturated heterocycles. The van der Waals surface area contributed by atoms with Crippen LogP contribution in [0.25, 0.3) is 0 Å². The number of hydrogen-bond donors (Lipinski definition) is 0. The van der Waals surface area contributed by atoms with E-state index in [0.29, 0.717) is 9.09 Å². The summed E-state index contributed by atoms with van der Waals surface area (Å²) >= 11 is 2.61. The number of carbonyl (C=O) groups excluding carboxylic acids is 1. The number of thioether (sulfide) groups is 1. The van der Waals surface area contributed by atoms with Crippen LogP contribution >= 0.6 is 23.1 Å². The third-order valence-corrected chi connectivity index (χ3v) is 4.02. The Morgan fingerprint density at radius 1 is 1.60 bits per heavy atom. The van der Waals surface area contributed by atoms with Crippen molar-refractivity contribution < 1.29 is 9.72 Å². The van der Waals surface area contributed by atoms with Crippen molar-refractivity contribution >= 4 is 34.6 Å². The Bertz CT molecular complexity index is 398. The first-order valence-electron chi connectivity index (χ1n) is 4.37. The smallest absolute Gasteiger partial charge is 0.294 e. The molecule has 0 aliphatic rings. The van der Waals surface area contributed by atoms with Crippen LogP contribution in [0.2, 0.25) is 0 Å². The fourth-order valence-corrected chi connectivity index (χ4v) is 3.44. The monoisotopic (exact) mass is 245 g/mol. The summed E-state index contributed by atoms with van der Waals surface area (Å²) in [6, 6.07) is 1.36. The zero-order valence-corrected chi connectivity index (χ0v) is 10.3. The molecule has 1 aromatic rings. The normalized spacial score (nSPS) is 10.7. The Labute approximate surface area is 95.8 Å². The number of thiophene rings is 1. The van der Waals surface area contributed by atoms with Gasteiger partial charge in [0.15, 0.2) is 5.78 Å². The van der Waals surface area contributed by atoms with E-state index in [2.05, 4.69) is 0 Å². The topological polar surface area (TPSA) is 60.2 Å². The molecule has 0 atom stereocenters. The van der Waals surface area contributed by atoms with Gasteiger partial charge in [-0.3, -0.25) is 14.9 Å². The summed E-state index contributed by atoms with van der Waals surface area (Å²) < 4.78 is 0.611. The molecule has 0 aliphatic heterocycles. The lowest BCUT2D eigenvalue weighted by atomic mass is 10.3. The molecule has 82 valence electrons. The van der Waals surface area contributed by atoms with Crippen molar-refractivity contribution in [3.05, 3.63) is 21.1 Å². The van der Waals surface area contributed by atoms with Crippen LogP contribution in [0.1, 0.15) is 30.4 Å². The Morgan fingerprint density at radius 2 is 2.20 bits per heavy atom. The first-order chi connectivity index (χ1) is 6.91. The van der Waals surface area contributed by atoms with Crippen molar-refractivity contribution in [3.63, 3.8) is 0 Å². The molecular weight excluding hydrogens is 234 g/mol. The van der Waals surface area contributed by atoms with Gasteiger partial charge >= 0.3 is 0 Å². The highest BCUT2D eigenvalue weighted by molar-refractivity contribution is 8.01. The highest BCUT2D eigenvalue weighted by Gasteiger charge is 2.21. The van der Waals surface area contributed by atoms with Crippen molar-refractivity contribution in [1.29, 1.82) is 0 Å². The summed E-state index contributed by atoms with van der Waals surface area (Å²) in [7, 11) is 0. The molecule has 0 saturated carbocycles. The van der Waals surface area contributed by atoms with E-state index in [1.54, 1.807) is 0 Å². The fraction of sp³-hybridized carbons (Fsp3) is 0.444. The second-order valence-corrected chi connectivity index (χ2v) is 6.16. The second-order valence-electron chi connectivity index (χ2n) is 3.26. The summed E-state index contributed by atoms with van der Waals surface area (Å²) in [4.78, 5) is 21.8. The highest BCUT2D eigenvalue weighted by atomic mass is 32.2. The van der Waals surface area contributed by atoms with E-state index < -0.39 is 4.92 Å². The molecular formula is C9H11NO3S2. The van der Waals surface area contributed by atoms with Gasteiger partial charge in [0.1, 0.15) is 4.21 Å². The van der Waals surface area contributed by atoms with Gasteiger partial charge in [-0.25, -0.2) is 0 Å². The Morgan fingerprint density at radius 3 is 2.60 bits per heavy atom. The molecule has 4 nitrogen and oxygen atoms in total. The third-order valence-electron chi connectivity index (χ3n) is 1.57. The first kappa shape index (κ1) is 12.2. The molecule has 0 fully saturated rings. The van der Waals surface area contributed by atoms with E-state index in [-0.39, 0.29) is 16.7 Å². The maximum atomic E-state index is 11.1. The number of nitrogens with zero attached hydrogens (tertiary/aromatic N) is 1. The summed E-state index contributed by atoms with van der Waals surface area (Å²) in [6.07, 6.45) is 0. The van der Waals surface area contributed by atoms with Gasteiger partial charge in [0.05, 0.1) is 9.80 Å². The van der Waals surface area contributed by atoms with Crippen molar-refractivity contribution in [2.24, 2.45) is 0 Å². The van der Waals surface area contributed by atoms with Gasteiger partial charge in [-0.15, -0.1) is 23.1 Å². The van der Waals surface area contributed by atoms with E-state index in [1.807, 2.05) is 13.8 Å². The van der Waals surface area contributed by atoms with E-state index in [9.17, 15) is 14.9 Å². The maximum absolute atomic E-state index is 11.1. The van der Waals surface area contributed by atoms with E-state index >= 15 is 0 Å². The zero-order chi connectivity index (χ0) is 11.6. The van der Waals surface area contributed by atoms with E-state index in [4.69, 9.17) is 0 Å². The zero-order valence-electron chi connectivity index (χ0n) is 8.64. The van der Waals surface area contributed by atoms with Gasteiger partial charge < -0.3 is 0 Å². The van der Waals surface area contributed by atoms with Crippen molar-refractivity contribution in [1.82, 2.24) is 0 Å². The van der Waals surface area contributed by atoms with Gasteiger partial charge in [0, 0.05) is 11.3 Å². The van der Waals surface area contributed by atoms with Gasteiger partial charge in [-0.05, 0) is 6.92 Å². The van der Waals surface area contributed by atoms with Crippen molar-refractivity contribution in [3.8, 4) is 0 Å². The molecule has 0 aliphatic carbocycles. The highest BCUT2D eigenvalue weighted by Crippen LogP contribution is 2.39. The molecule has 0 radical (unpaired) electrons. The number of rotatable bonds is 4. The van der Waals surface area contributed by atoms with Crippen LogP contribution in [0, 0.1) is 10.1 Å². The largest absolute Gasteiger partial charge is 0.294 e. The van der Waals surface area contributed by atoms with Crippen LogP contribution in [-0.4, -0.2) is 16.0 Å². The predicted octanol–water partition coefficient (Wildman–Crippen LogP) is 3.36. The van der Waals surface area contributed by atoms with Crippen LogP contribution in [0.3, 0.4) is 0 Å². The number of ketones is 1. The molecule has 0 spiro atoms. The Kier molecular flexibility index (Phi) is 3.87. The molecule has 0 aromatic carbocycles. The lowest BCUT2D eigenvalue weighted by molar-refractivity contribution is -0.387. The van der Waals surface area contributed by atoms with Crippen LogP contribution in [-0.2, 0) is 0 Å². The molecule has 0 unspecified atom stereocenters. The number of carbonyl (C=O) groups is 1. The molecule has 15 heavy (non-hydrogen) atoms. The van der Waals surface area contributed by atoms with Gasteiger partial charge in [0.2, 0.25) is 0 Å². The Balaban J connectivity index is 3.11. The standard InChI is InChI=1S/C9H11NO3S2/c1-5(2)14-9-7(10(12)13)4-8(15-9)6(3)11/h4-5H,1-3H3. The minimum Gasteiger partial charge on any atom is -0.294 e.